The van der Waals surface area contributed by atoms with Gasteiger partial charge in [0.1, 0.15) is 19.8 Å². The molecule has 0 atom stereocenters. The monoisotopic (exact) mass is 638 g/mol. The van der Waals surface area contributed by atoms with E-state index in [-0.39, 0.29) is 25.4 Å². The van der Waals surface area contributed by atoms with Crippen molar-refractivity contribution >= 4 is 23.2 Å². The minimum absolute atomic E-state index is 0.0333. The number of ether oxygens (including phenoxy) is 4. The Morgan fingerprint density at radius 1 is 0.936 bits per heavy atom. The summed E-state index contributed by atoms with van der Waals surface area (Å²) in [5.74, 6) is -0.896. The summed E-state index contributed by atoms with van der Waals surface area (Å²) in [6, 6.07) is 20.9. The second-order valence-electron chi connectivity index (χ2n) is 10.3. The first-order valence-corrected chi connectivity index (χ1v) is 14.7. The summed E-state index contributed by atoms with van der Waals surface area (Å²) in [5, 5.41) is 3.83. The van der Waals surface area contributed by atoms with Crippen LogP contribution in [-0.4, -0.2) is 61.2 Å². The van der Waals surface area contributed by atoms with Crippen LogP contribution >= 0.6 is 0 Å². The molecule has 0 aliphatic heterocycles. The first kappa shape index (κ1) is 30.8. The molecular formula is C33H30N6O8. The summed E-state index contributed by atoms with van der Waals surface area (Å²) < 4.78 is 29.6. The molecule has 0 fully saturated rings. The summed E-state index contributed by atoms with van der Waals surface area (Å²) >= 11 is 0. The lowest BCUT2D eigenvalue weighted by Gasteiger charge is -2.13. The molecule has 0 saturated carbocycles. The number of nitrogens with one attached hydrogen (secondary N) is 1. The zero-order valence-electron chi connectivity index (χ0n) is 25.5. The molecule has 0 unspecified atom stereocenters. The molecule has 0 aliphatic carbocycles. The fourth-order valence-corrected chi connectivity index (χ4v) is 5.03. The van der Waals surface area contributed by atoms with Gasteiger partial charge in [-0.1, -0.05) is 59.8 Å². The van der Waals surface area contributed by atoms with Crippen LogP contribution in [0.5, 0.6) is 6.01 Å². The van der Waals surface area contributed by atoms with E-state index in [1.807, 2.05) is 60.0 Å². The molecule has 0 aliphatic rings. The molecular weight excluding hydrogens is 608 g/mol. The average molecular weight is 639 g/mol. The van der Waals surface area contributed by atoms with E-state index < -0.39 is 17.9 Å². The molecule has 3 aromatic heterocycles. The number of carbonyl (C=O) groups is 2. The van der Waals surface area contributed by atoms with Gasteiger partial charge in [-0.15, -0.1) is 0 Å². The smallest absolute Gasteiger partial charge is 0.465 e. The van der Waals surface area contributed by atoms with Crippen LogP contribution in [0.1, 0.15) is 28.5 Å². The number of fused-ring (bicyclic) bond motifs is 1. The molecule has 0 spiro atoms. The SMILES string of the molecule is CCOc1nc2cccc(C(=O)OCCOC(=O)OCc3cn(C)cn3)c2n1Cc1ccc(-c2ccccc2-c2noc(=O)[nH]2)cc1. The summed E-state index contributed by atoms with van der Waals surface area (Å²) in [6.45, 7) is 2.18. The lowest BCUT2D eigenvalue weighted by atomic mass is 9.98. The highest BCUT2D eigenvalue weighted by Crippen LogP contribution is 2.31. The Labute approximate surface area is 267 Å². The van der Waals surface area contributed by atoms with Gasteiger partial charge < -0.3 is 23.5 Å². The van der Waals surface area contributed by atoms with Crippen molar-refractivity contribution < 1.29 is 33.1 Å². The van der Waals surface area contributed by atoms with Gasteiger partial charge in [-0.2, -0.15) is 4.98 Å². The highest BCUT2D eigenvalue weighted by Gasteiger charge is 2.21. The van der Waals surface area contributed by atoms with E-state index in [4.69, 9.17) is 23.5 Å². The van der Waals surface area contributed by atoms with E-state index in [1.165, 1.54) is 0 Å². The van der Waals surface area contributed by atoms with Crippen molar-refractivity contribution in [2.75, 3.05) is 19.8 Å². The third-order valence-electron chi connectivity index (χ3n) is 7.09. The minimum atomic E-state index is -0.893. The first-order valence-electron chi connectivity index (χ1n) is 14.7. The molecule has 14 nitrogen and oxygen atoms in total. The van der Waals surface area contributed by atoms with Crippen molar-refractivity contribution in [3.63, 3.8) is 0 Å². The second-order valence-corrected chi connectivity index (χ2v) is 10.3. The van der Waals surface area contributed by atoms with Gasteiger partial charge in [-0.05, 0) is 35.7 Å². The predicted octanol–water partition coefficient (Wildman–Crippen LogP) is 4.74. The fraction of sp³-hybridized carbons (Fsp3) is 0.212. The number of aromatic nitrogens is 6. The van der Waals surface area contributed by atoms with Gasteiger partial charge >= 0.3 is 17.9 Å². The van der Waals surface area contributed by atoms with E-state index in [0.29, 0.717) is 41.7 Å². The molecule has 6 aromatic rings. The van der Waals surface area contributed by atoms with E-state index in [1.54, 1.807) is 42.3 Å². The molecule has 0 radical (unpaired) electrons. The van der Waals surface area contributed by atoms with Gasteiger partial charge in [0.25, 0.3) is 6.01 Å². The number of carbonyl (C=O) groups excluding carboxylic acids is 2. The lowest BCUT2D eigenvalue weighted by Crippen LogP contribution is -2.16. The lowest BCUT2D eigenvalue weighted by molar-refractivity contribution is 0.0203. The number of para-hydroxylation sites is 1. The number of benzene rings is 3. The maximum absolute atomic E-state index is 13.2. The average Bonchev–Trinajstić information content (AvgIpc) is 3.80. The Kier molecular flexibility index (Phi) is 9.09. The highest BCUT2D eigenvalue weighted by molar-refractivity contribution is 6.02. The second kappa shape index (κ2) is 13.9. The number of imidazole rings is 2. The van der Waals surface area contributed by atoms with Crippen LogP contribution in [0.15, 0.2) is 88.6 Å². The molecule has 1 N–H and O–H groups in total. The molecule has 240 valence electrons. The van der Waals surface area contributed by atoms with Crippen molar-refractivity contribution in [2.24, 2.45) is 7.05 Å². The van der Waals surface area contributed by atoms with Crippen molar-refractivity contribution in [1.82, 2.24) is 29.2 Å². The van der Waals surface area contributed by atoms with E-state index in [0.717, 1.165) is 22.3 Å². The topological polar surface area (TPSA) is 166 Å². The van der Waals surface area contributed by atoms with Crippen LogP contribution in [0.2, 0.25) is 0 Å². The number of esters is 1. The van der Waals surface area contributed by atoms with Gasteiger partial charge in [-0.3, -0.25) is 14.1 Å². The Hall–Kier alpha value is -6.18. The fourth-order valence-electron chi connectivity index (χ4n) is 5.03. The third kappa shape index (κ3) is 7.06. The van der Waals surface area contributed by atoms with Crippen LogP contribution in [0.4, 0.5) is 4.79 Å². The first-order chi connectivity index (χ1) is 22.9. The van der Waals surface area contributed by atoms with E-state index in [2.05, 4.69) is 20.1 Å². The van der Waals surface area contributed by atoms with Crippen LogP contribution < -0.4 is 10.5 Å². The van der Waals surface area contributed by atoms with Crippen molar-refractivity contribution in [1.29, 1.82) is 0 Å². The molecule has 14 heteroatoms. The number of nitrogens with zero attached hydrogens (tertiary/aromatic N) is 5. The summed E-state index contributed by atoms with van der Waals surface area (Å²) in [5.41, 5.74) is 5.37. The molecule has 47 heavy (non-hydrogen) atoms. The zero-order valence-corrected chi connectivity index (χ0v) is 25.5. The molecule has 6 rings (SSSR count). The Balaban J connectivity index is 1.16. The maximum Gasteiger partial charge on any atom is 0.508 e. The predicted molar refractivity (Wildman–Crippen MR) is 168 cm³/mol. The summed E-state index contributed by atoms with van der Waals surface area (Å²) in [7, 11) is 1.81. The van der Waals surface area contributed by atoms with E-state index in [9.17, 15) is 14.4 Å². The maximum atomic E-state index is 13.2. The van der Waals surface area contributed by atoms with Gasteiger partial charge in [0.2, 0.25) is 0 Å². The number of rotatable bonds is 12. The van der Waals surface area contributed by atoms with Crippen molar-refractivity contribution in [2.45, 2.75) is 20.1 Å². The largest absolute Gasteiger partial charge is 0.508 e. The van der Waals surface area contributed by atoms with E-state index >= 15 is 0 Å². The van der Waals surface area contributed by atoms with Crippen LogP contribution in [0, 0.1) is 0 Å². The number of aryl methyl sites for hydroxylation is 1. The Morgan fingerprint density at radius 3 is 2.45 bits per heavy atom. The van der Waals surface area contributed by atoms with Gasteiger partial charge in [0, 0.05) is 18.8 Å². The standard InChI is InChI=1S/C33H30N6O8/c1-3-43-31-35-27-10-6-9-26(30(40)44-15-16-45-33(42)46-19-23-18-38(2)20-34-23)28(27)39(31)17-21-11-13-22(14-12-21)24-7-4-5-8-25(24)29-36-32(41)47-37-29/h4-14,18,20H,3,15-17,19H2,1-2H3,(H,36,37,41). The van der Waals surface area contributed by atoms with Crippen LogP contribution in [-0.2, 0) is 34.4 Å². The Bertz CT molecular complexity index is 2070. The number of hydrogen-bond acceptors (Lipinski definition) is 11. The number of hydrogen-bond donors (Lipinski definition) is 1. The number of H-pyrrole nitrogens is 1. The molecule has 3 aromatic carbocycles. The normalized spacial score (nSPS) is 11.0. The minimum Gasteiger partial charge on any atom is -0.465 e. The van der Waals surface area contributed by atoms with Gasteiger partial charge in [0.05, 0.1) is 41.8 Å². The third-order valence-corrected chi connectivity index (χ3v) is 7.09. The molecule has 3 heterocycles. The number of aromatic amines is 1. The van der Waals surface area contributed by atoms with Gasteiger partial charge in [0.15, 0.2) is 5.82 Å². The van der Waals surface area contributed by atoms with Gasteiger partial charge in [-0.25, -0.2) is 19.4 Å². The van der Waals surface area contributed by atoms with Crippen molar-refractivity contribution in [3.8, 4) is 28.5 Å². The Morgan fingerprint density at radius 2 is 1.72 bits per heavy atom. The van der Waals surface area contributed by atoms with Crippen molar-refractivity contribution in [3.05, 3.63) is 107 Å². The summed E-state index contributed by atoms with van der Waals surface area (Å²) in [6.07, 6.45) is 2.42. The summed E-state index contributed by atoms with van der Waals surface area (Å²) in [4.78, 5) is 48.0. The quantitative estimate of drug-likeness (QED) is 0.145. The van der Waals surface area contributed by atoms with Crippen LogP contribution in [0.25, 0.3) is 33.5 Å². The molecule has 0 amide bonds. The zero-order chi connectivity index (χ0) is 32.8. The highest BCUT2D eigenvalue weighted by atomic mass is 16.7. The molecule has 0 saturated heterocycles. The molecule has 0 bridgehead atoms. The van der Waals surface area contributed by atoms with Crippen LogP contribution in [0.3, 0.4) is 0 Å².